The zero-order valence-electron chi connectivity index (χ0n) is 12.9. The van der Waals surface area contributed by atoms with Crippen molar-refractivity contribution < 1.29 is 9.53 Å². The van der Waals surface area contributed by atoms with Crippen molar-refractivity contribution in [3.05, 3.63) is 35.9 Å². The van der Waals surface area contributed by atoms with Crippen LogP contribution in [0.1, 0.15) is 32.3 Å². The van der Waals surface area contributed by atoms with Gasteiger partial charge in [0.1, 0.15) is 6.61 Å². The first-order chi connectivity index (χ1) is 10.1. The fourth-order valence-electron chi connectivity index (χ4n) is 2.48. The number of hydrogen-bond donors (Lipinski definition) is 1. The van der Waals surface area contributed by atoms with Crippen LogP contribution in [0.25, 0.3) is 0 Å². The lowest BCUT2D eigenvalue weighted by Crippen LogP contribution is -2.37. The smallest absolute Gasteiger partial charge is 0.310 e. The molecule has 0 aliphatic carbocycles. The van der Waals surface area contributed by atoms with Crippen molar-refractivity contribution in [3.63, 3.8) is 0 Å². The van der Waals surface area contributed by atoms with Crippen molar-refractivity contribution in [2.24, 2.45) is 5.92 Å². The van der Waals surface area contributed by atoms with Crippen molar-refractivity contribution in [2.45, 2.75) is 38.0 Å². The molecular weight excluding hydrogens is 282 g/mol. The van der Waals surface area contributed by atoms with Crippen LogP contribution in [0.2, 0.25) is 0 Å². The maximum Gasteiger partial charge on any atom is 0.310 e. The molecule has 3 nitrogen and oxygen atoms in total. The lowest BCUT2D eigenvalue weighted by molar-refractivity contribution is -0.149. The van der Waals surface area contributed by atoms with Gasteiger partial charge in [-0.2, -0.15) is 11.8 Å². The molecule has 1 aromatic carbocycles. The summed E-state index contributed by atoms with van der Waals surface area (Å²) in [7, 11) is 0. The van der Waals surface area contributed by atoms with E-state index in [2.05, 4.69) is 12.2 Å². The summed E-state index contributed by atoms with van der Waals surface area (Å²) >= 11 is 2.03. The van der Waals surface area contributed by atoms with Gasteiger partial charge in [0.2, 0.25) is 0 Å². The standard InChI is InChI=1S/C17H25NO2S/c1-14(11-18-13-17(2)9-6-10-21-17)16(19)20-12-15-7-4-3-5-8-15/h3-5,7-8,14,18H,6,9-13H2,1-2H3. The number of rotatable bonds is 7. The molecule has 2 unspecified atom stereocenters. The Morgan fingerprint density at radius 3 is 2.86 bits per heavy atom. The molecule has 21 heavy (non-hydrogen) atoms. The number of hydrogen-bond acceptors (Lipinski definition) is 4. The molecule has 116 valence electrons. The van der Waals surface area contributed by atoms with Crippen molar-refractivity contribution >= 4 is 17.7 Å². The van der Waals surface area contributed by atoms with Gasteiger partial charge in [-0.3, -0.25) is 4.79 Å². The van der Waals surface area contributed by atoms with Gasteiger partial charge < -0.3 is 10.1 Å². The number of ether oxygens (including phenoxy) is 1. The quantitative estimate of drug-likeness (QED) is 0.785. The van der Waals surface area contributed by atoms with E-state index >= 15 is 0 Å². The van der Waals surface area contributed by atoms with E-state index in [1.165, 1.54) is 18.6 Å². The monoisotopic (exact) mass is 307 g/mol. The number of esters is 1. The lowest BCUT2D eigenvalue weighted by Gasteiger charge is -2.23. The molecule has 1 saturated heterocycles. The van der Waals surface area contributed by atoms with Gasteiger partial charge in [-0.05, 0) is 31.1 Å². The van der Waals surface area contributed by atoms with Gasteiger partial charge in [0.15, 0.2) is 0 Å². The van der Waals surface area contributed by atoms with Crippen LogP contribution in [0.15, 0.2) is 30.3 Å². The minimum absolute atomic E-state index is 0.108. The molecule has 1 aromatic rings. The van der Waals surface area contributed by atoms with Crippen LogP contribution in [-0.2, 0) is 16.1 Å². The van der Waals surface area contributed by atoms with E-state index in [0.29, 0.717) is 17.9 Å². The highest BCUT2D eigenvalue weighted by atomic mass is 32.2. The van der Waals surface area contributed by atoms with Crippen molar-refractivity contribution in [1.29, 1.82) is 0 Å². The Morgan fingerprint density at radius 2 is 2.19 bits per heavy atom. The molecule has 1 heterocycles. The normalized spacial score (nSPS) is 23.0. The SMILES string of the molecule is CC(CNCC1(C)CCCS1)C(=O)OCc1ccccc1. The number of nitrogens with one attached hydrogen (secondary N) is 1. The molecule has 0 saturated carbocycles. The lowest BCUT2D eigenvalue weighted by atomic mass is 10.1. The van der Waals surface area contributed by atoms with E-state index in [-0.39, 0.29) is 11.9 Å². The molecule has 1 aliphatic heterocycles. The van der Waals surface area contributed by atoms with Gasteiger partial charge in [0.05, 0.1) is 5.92 Å². The third kappa shape index (κ3) is 5.36. The predicted octanol–water partition coefficient (Wildman–Crippen LogP) is 3.24. The Morgan fingerprint density at radius 1 is 1.43 bits per heavy atom. The predicted molar refractivity (Wildman–Crippen MR) is 88.4 cm³/mol. The van der Waals surface area contributed by atoms with Crippen LogP contribution < -0.4 is 5.32 Å². The van der Waals surface area contributed by atoms with E-state index in [9.17, 15) is 4.79 Å². The first-order valence-electron chi connectivity index (χ1n) is 7.64. The first kappa shape index (κ1) is 16.4. The number of carbonyl (C=O) groups is 1. The zero-order chi connectivity index (χ0) is 15.1. The Kier molecular flexibility index (Phi) is 6.12. The summed E-state index contributed by atoms with van der Waals surface area (Å²) in [5, 5.41) is 3.43. The minimum atomic E-state index is -0.129. The van der Waals surface area contributed by atoms with E-state index in [1.807, 2.05) is 49.0 Å². The van der Waals surface area contributed by atoms with Crippen LogP contribution in [0.5, 0.6) is 0 Å². The molecule has 0 aromatic heterocycles. The molecule has 0 bridgehead atoms. The fraction of sp³-hybridized carbons (Fsp3) is 0.588. The third-order valence-electron chi connectivity index (χ3n) is 3.88. The Hall–Kier alpha value is -1.00. The fourth-order valence-corrected chi connectivity index (χ4v) is 3.76. The Labute approximate surface area is 131 Å². The van der Waals surface area contributed by atoms with E-state index in [0.717, 1.165) is 12.1 Å². The van der Waals surface area contributed by atoms with E-state index in [1.54, 1.807) is 0 Å². The van der Waals surface area contributed by atoms with Crippen LogP contribution in [0.4, 0.5) is 0 Å². The maximum atomic E-state index is 12.0. The minimum Gasteiger partial charge on any atom is -0.461 e. The summed E-state index contributed by atoms with van der Waals surface area (Å²) in [6.45, 7) is 6.23. The van der Waals surface area contributed by atoms with Gasteiger partial charge in [-0.15, -0.1) is 0 Å². The number of benzene rings is 1. The second kappa shape index (κ2) is 7.85. The maximum absolute atomic E-state index is 12.0. The summed E-state index contributed by atoms with van der Waals surface area (Å²) in [6, 6.07) is 9.80. The van der Waals surface area contributed by atoms with Crippen LogP contribution in [-0.4, -0.2) is 29.6 Å². The molecule has 0 spiro atoms. The summed E-state index contributed by atoms with van der Waals surface area (Å²) in [5.41, 5.74) is 1.03. The molecule has 1 N–H and O–H groups in total. The number of thioether (sulfide) groups is 1. The van der Waals surface area contributed by atoms with Crippen LogP contribution in [0.3, 0.4) is 0 Å². The van der Waals surface area contributed by atoms with Gasteiger partial charge in [-0.25, -0.2) is 0 Å². The molecule has 2 atom stereocenters. The third-order valence-corrected chi connectivity index (χ3v) is 5.41. The second-order valence-corrected chi connectivity index (χ2v) is 7.71. The summed E-state index contributed by atoms with van der Waals surface area (Å²) in [4.78, 5) is 12.0. The second-order valence-electron chi connectivity index (χ2n) is 6.03. The van der Waals surface area contributed by atoms with Crippen molar-refractivity contribution in [2.75, 3.05) is 18.8 Å². The van der Waals surface area contributed by atoms with Gasteiger partial charge in [0, 0.05) is 17.8 Å². The van der Waals surface area contributed by atoms with Gasteiger partial charge in [0.25, 0.3) is 0 Å². The van der Waals surface area contributed by atoms with Crippen LogP contribution >= 0.6 is 11.8 Å². The largest absolute Gasteiger partial charge is 0.461 e. The van der Waals surface area contributed by atoms with Crippen LogP contribution in [0, 0.1) is 5.92 Å². The summed E-state index contributed by atoms with van der Waals surface area (Å²) in [5.74, 6) is 1.02. The molecule has 2 rings (SSSR count). The molecule has 1 aliphatic rings. The average Bonchev–Trinajstić information content (AvgIpc) is 2.92. The van der Waals surface area contributed by atoms with Crippen molar-refractivity contribution in [3.8, 4) is 0 Å². The first-order valence-corrected chi connectivity index (χ1v) is 8.63. The molecule has 4 heteroatoms. The highest BCUT2D eigenvalue weighted by molar-refractivity contribution is 8.00. The average molecular weight is 307 g/mol. The summed E-state index contributed by atoms with van der Waals surface area (Å²) < 4.78 is 5.69. The van der Waals surface area contributed by atoms with E-state index in [4.69, 9.17) is 4.74 Å². The van der Waals surface area contributed by atoms with Crippen molar-refractivity contribution in [1.82, 2.24) is 5.32 Å². The summed E-state index contributed by atoms with van der Waals surface area (Å²) in [6.07, 6.45) is 2.56. The Bertz CT molecular complexity index is 443. The molecule has 1 fully saturated rings. The highest BCUT2D eigenvalue weighted by Crippen LogP contribution is 2.36. The topological polar surface area (TPSA) is 38.3 Å². The molecule has 0 radical (unpaired) electrons. The molecular formula is C17H25NO2S. The number of carbonyl (C=O) groups excluding carboxylic acids is 1. The van der Waals surface area contributed by atoms with Gasteiger partial charge in [-0.1, -0.05) is 37.3 Å². The highest BCUT2D eigenvalue weighted by Gasteiger charge is 2.29. The molecule has 0 amide bonds. The van der Waals surface area contributed by atoms with E-state index < -0.39 is 0 Å². The Balaban J connectivity index is 1.65. The zero-order valence-corrected chi connectivity index (χ0v) is 13.7. The van der Waals surface area contributed by atoms with Gasteiger partial charge >= 0.3 is 5.97 Å².